The van der Waals surface area contributed by atoms with Crippen LogP contribution in [0.15, 0.2) is 18.3 Å². The number of rotatable bonds is 6. The first-order valence-corrected chi connectivity index (χ1v) is 9.47. The minimum Gasteiger partial charge on any atom is -0.474 e. The van der Waals surface area contributed by atoms with E-state index in [-0.39, 0.29) is 36.3 Å². The molecule has 2 fully saturated rings. The van der Waals surface area contributed by atoms with E-state index >= 15 is 0 Å². The van der Waals surface area contributed by atoms with Gasteiger partial charge in [-0.3, -0.25) is 14.4 Å². The Labute approximate surface area is 158 Å². The Bertz CT molecular complexity index is 679. The topological polar surface area (TPSA) is 101 Å². The predicted octanol–water partition coefficient (Wildman–Crippen LogP) is 1.33. The summed E-state index contributed by atoms with van der Waals surface area (Å²) in [7, 11) is 0. The molecule has 1 aliphatic carbocycles. The summed E-state index contributed by atoms with van der Waals surface area (Å²) in [4.78, 5) is 40.8. The Morgan fingerprint density at radius 1 is 1.19 bits per heavy atom. The number of carbonyl (C=O) groups excluding carboxylic acids is 3. The number of likely N-dealkylation sites (tertiary alicyclic amines) is 1. The van der Waals surface area contributed by atoms with Gasteiger partial charge in [-0.1, -0.05) is 6.42 Å². The normalized spacial score (nSPS) is 17.7. The molecule has 2 aliphatic rings. The summed E-state index contributed by atoms with van der Waals surface area (Å²) in [5.74, 6) is 0.431. The molecule has 3 rings (SSSR count). The van der Waals surface area contributed by atoms with E-state index < -0.39 is 0 Å². The molecule has 1 saturated carbocycles. The maximum absolute atomic E-state index is 12.0. The molecule has 0 aromatic carbocycles. The molecule has 3 amide bonds. The minimum absolute atomic E-state index is 0.00210. The second kappa shape index (κ2) is 8.83. The molecule has 1 saturated heterocycles. The van der Waals surface area contributed by atoms with Crippen LogP contribution in [0.3, 0.4) is 0 Å². The summed E-state index contributed by atoms with van der Waals surface area (Å²) in [6.45, 7) is 2.62. The highest BCUT2D eigenvalue weighted by atomic mass is 16.5. The molecule has 1 aliphatic heterocycles. The second-order valence-corrected chi connectivity index (χ2v) is 7.11. The average molecular weight is 374 g/mol. The predicted molar refractivity (Wildman–Crippen MR) is 99.1 cm³/mol. The van der Waals surface area contributed by atoms with Gasteiger partial charge in [-0.05, 0) is 18.9 Å². The van der Waals surface area contributed by atoms with Gasteiger partial charge in [-0.25, -0.2) is 4.98 Å². The number of hydrogen-bond donors (Lipinski definition) is 2. The maximum Gasteiger partial charge on any atom is 0.241 e. The zero-order valence-corrected chi connectivity index (χ0v) is 15.6. The monoisotopic (exact) mass is 374 g/mol. The molecule has 0 bridgehead atoms. The number of ether oxygens (including phenoxy) is 1. The number of aromatic nitrogens is 1. The smallest absolute Gasteiger partial charge is 0.241 e. The Morgan fingerprint density at radius 2 is 1.93 bits per heavy atom. The Morgan fingerprint density at radius 3 is 2.48 bits per heavy atom. The maximum atomic E-state index is 12.0. The van der Waals surface area contributed by atoms with Crippen molar-refractivity contribution in [2.24, 2.45) is 5.92 Å². The quantitative estimate of drug-likeness (QED) is 0.782. The van der Waals surface area contributed by atoms with E-state index in [1.807, 2.05) is 0 Å². The van der Waals surface area contributed by atoms with Crippen LogP contribution in [0, 0.1) is 5.92 Å². The molecule has 0 spiro atoms. The molecule has 8 heteroatoms. The van der Waals surface area contributed by atoms with E-state index in [9.17, 15) is 14.4 Å². The fourth-order valence-corrected chi connectivity index (χ4v) is 3.14. The number of carbonyl (C=O) groups is 3. The van der Waals surface area contributed by atoms with Crippen LogP contribution in [0.4, 0.5) is 5.69 Å². The molecule has 27 heavy (non-hydrogen) atoms. The SMILES string of the molecule is CC(=O)NCC(=O)N1CCC(Oc2ccc(NC(=O)C3CCC3)cn2)CC1. The van der Waals surface area contributed by atoms with Gasteiger partial charge in [-0.2, -0.15) is 0 Å². The Hall–Kier alpha value is -2.64. The van der Waals surface area contributed by atoms with Gasteiger partial charge in [-0.15, -0.1) is 0 Å². The fraction of sp³-hybridized carbons (Fsp3) is 0.579. The van der Waals surface area contributed by atoms with Gasteiger partial charge in [0.25, 0.3) is 0 Å². The van der Waals surface area contributed by atoms with Crippen LogP contribution in [0.1, 0.15) is 39.0 Å². The highest BCUT2D eigenvalue weighted by molar-refractivity contribution is 5.92. The van der Waals surface area contributed by atoms with Crippen LogP contribution in [-0.4, -0.2) is 53.3 Å². The summed E-state index contributed by atoms with van der Waals surface area (Å²) in [6.07, 6.45) is 6.09. The first-order chi connectivity index (χ1) is 13.0. The van der Waals surface area contributed by atoms with E-state index in [0.717, 1.165) is 19.3 Å². The molecule has 1 aromatic heterocycles. The van der Waals surface area contributed by atoms with Crippen LogP contribution < -0.4 is 15.4 Å². The number of amides is 3. The molecule has 2 N–H and O–H groups in total. The standard InChI is InChI=1S/C19H26N4O4/c1-13(24)20-12-18(25)23-9-7-16(8-10-23)27-17-6-5-15(11-21-17)22-19(26)14-3-2-4-14/h5-6,11,14,16H,2-4,7-10,12H2,1H3,(H,20,24)(H,22,26). The first kappa shape index (κ1) is 19.1. The van der Waals surface area contributed by atoms with Crippen molar-refractivity contribution in [1.29, 1.82) is 0 Å². The molecule has 0 unspecified atom stereocenters. The number of anilines is 1. The second-order valence-electron chi connectivity index (χ2n) is 7.11. The highest BCUT2D eigenvalue weighted by Gasteiger charge is 2.26. The van der Waals surface area contributed by atoms with Gasteiger partial charge in [0, 0.05) is 44.8 Å². The Balaban J connectivity index is 1.41. The number of nitrogens with zero attached hydrogens (tertiary/aromatic N) is 2. The van der Waals surface area contributed by atoms with Crippen LogP contribution in [0.25, 0.3) is 0 Å². The lowest BCUT2D eigenvalue weighted by Crippen LogP contribution is -2.45. The fourth-order valence-electron chi connectivity index (χ4n) is 3.14. The lowest BCUT2D eigenvalue weighted by molar-refractivity contribution is -0.134. The van der Waals surface area contributed by atoms with E-state index in [2.05, 4.69) is 15.6 Å². The summed E-state index contributed by atoms with van der Waals surface area (Å²) < 4.78 is 5.89. The highest BCUT2D eigenvalue weighted by Crippen LogP contribution is 2.27. The van der Waals surface area contributed by atoms with Gasteiger partial charge in [0.2, 0.25) is 23.6 Å². The third-order valence-electron chi connectivity index (χ3n) is 5.05. The van der Waals surface area contributed by atoms with Gasteiger partial charge in [0.15, 0.2) is 0 Å². The first-order valence-electron chi connectivity index (χ1n) is 9.47. The molecule has 0 radical (unpaired) electrons. The summed E-state index contributed by atoms with van der Waals surface area (Å²) in [5.41, 5.74) is 0.678. The minimum atomic E-state index is -0.208. The van der Waals surface area contributed by atoms with E-state index in [4.69, 9.17) is 4.74 Å². The van der Waals surface area contributed by atoms with Crippen molar-refractivity contribution in [2.45, 2.75) is 45.1 Å². The van der Waals surface area contributed by atoms with Gasteiger partial charge < -0.3 is 20.3 Å². The van der Waals surface area contributed by atoms with Gasteiger partial charge in [0.1, 0.15) is 6.10 Å². The van der Waals surface area contributed by atoms with Crippen molar-refractivity contribution in [3.8, 4) is 5.88 Å². The van der Waals surface area contributed by atoms with E-state index in [0.29, 0.717) is 37.5 Å². The third-order valence-corrected chi connectivity index (χ3v) is 5.05. The van der Waals surface area contributed by atoms with Crippen molar-refractivity contribution in [3.05, 3.63) is 18.3 Å². The van der Waals surface area contributed by atoms with Crippen LogP contribution in [0.2, 0.25) is 0 Å². The molecular formula is C19H26N4O4. The summed E-state index contributed by atoms with van der Waals surface area (Å²) in [5, 5.41) is 5.41. The lowest BCUT2D eigenvalue weighted by Gasteiger charge is -2.32. The van der Waals surface area contributed by atoms with Crippen LogP contribution in [0.5, 0.6) is 5.88 Å². The van der Waals surface area contributed by atoms with Crippen molar-refractivity contribution in [1.82, 2.24) is 15.2 Å². The molecule has 2 heterocycles. The van der Waals surface area contributed by atoms with Gasteiger partial charge in [0.05, 0.1) is 18.4 Å². The summed E-state index contributed by atoms with van der Waals surface area (Å²) >= 11 is 0. The van der Waals surface area contributed by atoms with Gasteiger partial charge >= 0.3 is 0 Å². The van der Waals surface area contributed by atoms with E-state index in [1.54, 1.807) is 23.2 Å². The number of piperidine rings is 1. The zero-order chi connectivity index (χ0) is 19.2. The van der Waals surface area contributed by atoms with Crippen molar-refractivity contribution >= 4 is 23.4 Å². The van der Waals surface area contributed by atoms with Crippen LogP contribution >= 0.6 is 0 Å². The Kier molecular flexibility index (Phi) is 6.26. The molecular weight excluding hydrogens is 348 g/mol. The van der Waals surface area contributed by atoms with Crippen molar-refractivity contribution < 1.29 is 19.1 Å². The average Bonchev–Trinajstić information content (AvgIpc) is 2.60. The zero-order valence-electron chi connectivity index (χ0n) is 15.6. The summed E-state index contributed by atoms with van der Waals surface area (Å²) in [6, 6.07) is 3.55. The third kappa shape index (κ3) is 5.42. The van der Waals surface area contributed by atoms with E-state index in [1.165, 1.54) is 6.92 Å². The number of hydrogen-bond acceptors (Lipinski definition) is 5. The van der Waals surface area contributed by atoms with Crippen molar-refractivity contribution in [3.63, 3.8) is 0 Å². The number of nitrogens with one attached hydrogen (secondary N) is 2. The largest absolute Gasteiger partial charge is 0.474 e. The molecule has 146 valence electrons. The number of pyridine rings is 1. The molecule has 8 nitrogen and oxygen atoms in total. The van der Waals surface area contributed by atoms with Crippen molar-refractivity contribution in [2.75, 3.05) is 25.0 Å². The molecule has 1 aromatic rings. The van der Waals surface area contributed by atoms with Crippen LogP contribution in [-0.2, 0) is 14.4 Å². The molecule has 0 atom stereocenters. The lowest BCUT2D eigenvalue weighted by atomic mass is 9.85.